The van der Waals surface area contributed by atoms with Crippen LogP contribution < -0.4 is 5.32 Å². The van der Waals surface area contributed by atoms with E-state index in [1.807, 2.05) is 54.1 Å². The molecule has 0 aliphatic heterocycles. The Kier molecular flexibility index (Phi) is 5.43. The van der Waals surface area contributed by atoms with Crippen molar-refractivity contribution >= 4 is 16.7 Å². The zero-order valence-electron chi connectivity index (χ0n) is 16.9. The molecule has 4 nitrogen and oxygen atoms in total. The van der Waals surface area contributed by atoms with Crippen LogP contribution >= 0.6 is 0 Å². The summed E-state index contributed by atoms with van der Waals surface area (Å²) in [5.74, 6) is 0.0240. The van der Waals surface area contributed by atoms with Gasteiger partial charge in [-0.2, -0.15) is 5.10 Å². The lowest BCUT2D eigenvalue weighted by atomic mass is 10.0. The van der Waals surface area contributed by atoms with Crippen molar-refractivity contribution in [2.24, 2.45) is 0 Å². The molecule has 3 aromatic carbocycles. The Labute approximate surface area is 171 Å². The van der Waals surface area contributed by atoms with Gasteiger partial charge >= 0.3 is 0 Å². The molecule has 0 fully saturated rings. The van der Waals surface area contributed by atoms with E-state index in [0.29, 0.717) is 13.0 Å². The second kappa shape index (κ2) is 8.31. The van der Waals surface area contributed by atoms with Crippen LogP contribution in [0.4, 0.5) is 0 Å². The standard InChI is InChI=1S/C25H25N3O/c1-18-24(19(2)28(27-18)17-20-9-4-3-5-10-20)16-26-25(29)15-22-13-8-12-21-11-6-7-14-23(21)22/h3-14H,15-17H2,1-2H3,(H,26,29). The van der Waals surface area contributed by atoms with E-state index in [0.717, 1.165) is 39.8 Å². The highest BCUT2D eigenvalue weighted by molar-refractivity contribution is 5.90. The van der Waals surface area contributed by atoms with Crippen molar-refractivity contribution in [1.29, 1.82) is 0 Å². The number of amides is 1. The molecular weight excluding hydrogens is 358 g/mol. The van der Waals surface area contributed by atoms with Crippen LogP contribution in [0.5, 0.6) is 0 Å². The molecule has 0 aliphatic carbocycles. The molecule has 0 atom stereocenters. The first-order valence-electron chi connectivity index (χ1n) is 9.92. The summed E-state index contributed by atoms with van der Waals surface area (Å²) < 4.78 is 2.01. The summed E-state index contributed by atoms with van der Waals surface area (Å²) >= 11 is 0. The Hall–Kier alpha value is -3.40. The van der Waals surface area contributed by atoms with Crippen LogP contribution in [-0.2, 0) is 24.3 Å². The summed E-state index contributed by atoms with van der Waals surface area (Å²) in [6.45, 7) is 5.29. The predicted octanol–water partition coefficient (Wildman–Crippen LogP) is 4.56. The van der Waals surface area contributed by atoms with Gasteiger partial charge in [0.1, 0.15) is 0 Å². The number of carbonyl (C=O) groups is 1. The minimum absolute atomic E-state index is 0.0240. The van der Waals surface area contributed by atoms with Crippen LogP contribution in [0.25, 0.3) is 10.8 Å². The van der Waals surface area contributed by atoms with Crippen molar-refractivity contribution < 1.29 is 4.79 Å². The summed E-state index contributed by atoms with van der Waals surface area (Å²) in [4.78, 5) is 12.6. The predicted molar refractivity (Wildman–Crippen MR) is 117 cm³/mol. The Bertz CT molecular complexity index is 1140. The Morgan fingerprint density at radius 2 is 1.66 bits per heavy atom. The lowest BCUT2D eigenvalue weighted by molar-refractivity contribution is -0.120. The van der Waals surface area contributed by atoms with E-state index in [4.69, 9.17) is 0 Å². The maximum absolute atomic E-state index is 12.6. The lowest BCUT2D eigenvalue weighted by Gasteiger charge is -2.09. The van der Waals surface area contributed by atoms with Gasteiger partial charge in [0.15, 0.2) is 0 Å². The maximum atomic E-state index is 12.6. The monoisotopic (exact) mass is 383 g/mol. The van der Waals surface area contributed by atoms with Crippen LogP contribution in [-0.4, -0.2) is 15.7 Å². The summed E-state index contributed by atoms with van der Waals surface area (Å²) in [6, 6.07) is 24.6. The largest absolute Gasteiger partial charge is 0.352 e. The van der Waals surface area contributed by atoms with Gasteiger partial charge < -0.3 is 5.32 Å². The average Bonchev–Trinajstić information content (AvgIpc) is 3.00. The quantitative estimate of drug-likeness (QED) is 0.531. The molecule has 4 aromatic rings. The summed E-state index contributed by atoms with van der Waals surface area (Å²) in [5, 5.41) is 10.0. The van der Waals surface area contributed by atoms with Crippen LogP contribution in [0.15, 0.2) is 72.8 Å². The number of benzene rings is 3. The van der Waals surface area contributed by atoms with E-state index < -0.39 is 0 Å². The Morgan fingerprint density at radius 3 is 2.48 bits per heavy atom. The summed E-state index contributed by atoms with van der Waals surface area (Å²) in [7, 11) is 0. The molecule has 146 valence electrons. The number of aromatic nitrogens is 2. The van der Waals surface area contributed by atoms with Crippen LogP contribution in [0.2, 0.25) is 0 Å². The first-order chi connectivity index (χ1) is 14.1. The van der Waals surface area contributed by atoms with Crippen molar-refractivity contribution in [3.63, 3.8) is 0 Å². The van der Waals surface area contributed by atoms with E-state index in [2.05, 4.69) is 47.7 Å². The summed E-state index contributed by atoms with van der Waals surface area (Å²) in [5.41, 5.74) is 5.41. The lowest BCUT2D eigenvalue weighted by Crippen LogP contribution is -2.25. The fourth-order valence-corrected chi connectivity index (χ4v) is 3.77. The highest BCUT2D eigenvalue weighted by Crippen LogP contribution is 2.19. The van der Waals surface area contributed by atoms with Crippen molar-refractivity contribution in [3.8, 4) is 0 Å². The van der Waals surface area contributed by atoms with Crippen molar-refractivity contribution in [2.45, 2.75) is 33.4 Å². The molecule has 0 radical (unpaired) electrons. The van der Waals surface area contributed by atoms with Crippen molar-refractivity contribution in [2.75, 3.05) is 0 Å². The molecule has 1 amide bonds. The SMILES string of the molecule is Cc1nn(Cc2ccccc2)c(C)c1CNC(=O)Cc1cccc2ccccc12. The second-order valence-corrected chi connectivity index (χ2v) is 7.38. The van der Waals surface area contributed by atoms with Gasteiger partial charge in [-0.05, 0) is 35.7 Å². The normalized spacial score (nSPS) is 11.0. The second-order valence-electron chi connectivity index (χ2n) is 7.38. The third-order valence-electron chi connectivity index (χ3n) is 5.40. The van der Waals surface area contributed by atoms with Gasteiger partial charge in [0.2, 0.25) is 5.91 Å². The molecule has 4 heteroatoms. The molecule has 0 saturated heterocycles. The van der Waals surface area contributed by atoms with Gasteiger partial charge in [-0.3, -0.25) is 9.48 Å². The highest BCUT2D eigenvalue weighted by Gasteiger charge is 2.13. The van der Waals surface area contributed by atoms with Crippen LogP contribution in [0, 0.1) is 13.8 Å². The molecule has 0 saturated carbocycles. The minimum Gasteiger partial charge on any atom is -0.352 e. The van der Waals surface area contributed by atoms with E-state index in [1.54, 1.807) is 0 Å². The van der Waals surface area contributed by atoms with E-state index in [-0.39, 0.29) is 5.91 Å². The minimum atomic E-state index is 0.0240. The molecular formula is C25H25N3O. The number of nitrogens with zero attached hydrogens (tertiary/aromatic N) is 2. The van der Waals surface area contributed by atoms with Crippen molar-refractivity contribution in [3.05, 3.63) is 101 Å². The van der Waals surface area contributed by atoms with Gasteiger partial charge in [0.25, 0.3) is 0 Å². The zero-order valence-corrected chi connectivity index (χ0v) is 16.9. The van der Waals surface area contributed by atoms with Gasteiger partial charge in [-0.25, -0.2) is 0 Å². The zero-order chi connectivity index (χ0) is 20.2. The van der Waals surface area contributed by atoms with Crippen LogP contribution in [0.3, 0.4) is 0 Å². The molecule has 0 bridgehead atoms. The van der Waals surface area contributed by atoms with Gasteiger partial charge in [0.05, 0.1) is 18.7 Å². The van der Waals surface area contributed by atoms with Gasteiger partial charge in [-0.15, -0.1) is 0 Å². The van der Waals surface area contributed by atoms with E-state index >= 15 is 0 Å². The number of hydrogen-bond donors (Lipinski definition) is 1. The third kappa shape index (κ3) is 4.21. The molecule has 1 N–H and O–H groups in total. The highest BCUT2D eigenvalue weighted by atomic mass is 16.1. The fraction of sp³-hybridized carbons (Fsp3) is 0.200. The Balaban J connectivity index is 1.44. The number of hydrogen-bond acceptors (Lipinski definition) is 2. The number of carbonyl (C=O) groups excluding carboxylic acids is 1. The molecule has 0 aliphatic rings. The molecule has 1 heterocycles. The van der Waals surface area contributed by atoms with Crippen molar-refractivity contribution in [1.82, 2.24) is 15.1 Å². The molecule has 1 aromatic heterocycles. The van der Waals surface area contributed by atoms with Crippen LogP contribution in [0.1, 0.15) is 28.1 Å². The first-order valence-corrected chi connectivity index (χ1v) is 9.92. The van der Waals surface area contributed by atoms with Gasteiger partial charge in [0, 0.05) is 17.8 Å². The molecule has 29 heavy (non-hydrogen) atoms. The topological polar surface area (TPSA) is 46.9 Å². The molecule has 4 rings (SSSR count). The number of aryl methyl sites for hydroxylation is 1. The number of rotatable bonds is 6. The van der Waals surface area contributed by atoms with Gasteiger partial charge in [-0.1, -0.05) is 72.8 Å². The van der Waals surface area contributed by atoms with E-state index in [9.17, 15) is 4.79 Å². The maximum Gasteiger partial charge on any atom is 0.224 e. The Morgan fingerprint density at radius 1 is 0.931 bits per heavy atom. The molecule has 0 spiro atoms. The average molecular weight is 383 g/mol. The number of fused-ring (bicyclic) bond motifs is 1. The summed E-state index contributed by atoms with van der Waals surface area (Å²) in [6.07, 6.45) is 0.373. The molecule has 0 unspecified atom stereocenters. The van der Waals surface area contributed by atoms with E-state index in [1.165, 1.54) is 5.56 Å². The smallest absolute Gasteiger partial charge is 0.224 e. The first kappa shape index (κ1) is 18.9. The number of nitrogens with one attached hydrogen (secondary N) is 1. The third-order valence-corrected chi connectivity index (χ3v) is 5.40. The fourth-order valence-electron chi connectivity index (χ4n) is 3.77.